The molecule has 2 aromatic rings. The molecule has 0 saturated carbocycles. The van der Waals surface area contributed by atoms with E-state index in [0.717, 1.165) is 0 Å². The summed E-state index contributed by atoms with van der Waals surface area (Å²) in [6, 6.07) is 3.31. The van der Waals surface area contributed by atoms with Gasteiger partial charge in [0.05, 0.1) is 37.6 Å². The Morgan fingerprint density at radius 3 is 2.29 bits per heavy atom. The van der Waals surface area contributed by atoms with Crippen molar-refractivity contribution in [3.63, 3.8) is 0 Å². The number of benzene rings is 1. The zero-order valence-corrected chi connectivity index (χ0v) is 13.7. The molecular formula is C14H15BrN2O4. The Labute approximate surface area is 130 Å². The number of aromatic nitrogens is 2. The quantitative estimate of drug-likeness (QED) is 0.771. The predicted molar refractivity (Wildman–Crippen MR) is 80.4 cm³/mol. The van der Waals surface area contributed by atoms with Gasteiger partial charge in [-0.15, -0.1) is 0 Å². The van der Waals surface area contributed by atoms with Crippen LogP contribution in [0.5, 0.6) is 17.2 Å². The largest absolute Gasteiger partial charge is 0.493 e. The van der Waals surface area contributed by atoms with E-state index < -0.39 is 0 Å². The van der Waals surface area contributed by atoms with Crippen molar-refractivity contribution in [3.05, 3.63) is 34.1 Å². The fraction of sp³-hybridized carbons (Fsp3) is 0.286. The van der Waals surface area contributed by atoms with Gasteiger partial charge >= 0.3 is 0 Å². The fourth-order valence-corrected chi connectivity index (χ4v) is 2.60. The number of ketones is 1. The van der Waals surface area contributed by atoms with Gasteiger partial charge < -0.3 is 14.2 Å². The van der Waals surface area contributed by atoms with Gasteiger partial charge in [-0.3, -0.25) is 9.48 Å². The van der Waals surface area contributed by atoms with Crippen LogP contribution in [-0.4, -0.2) is 36.9 Å². The molecule has 0 saturated heterocycles. The van der Waals surface area contributed by atoms with Gasteiger partial charge in [0.1, 0.15) is 5.69 Å². The lowest BCUT2D eigenvalue weighted by atomic mass is 10.1. The van der Waals surface area contributed by atoms with Gasteiger partial charge in [0.25, 0.3) is 0 Å². The molecule has 0 aliphatic heterocycles. The SMILES string of the molecule is COc1ccc(C(=O)c2c(Br)cnn2C)c(OC)c1OC. The molecule has 0 aliphatic carbocycles. The van der Waals surface area contributed by atoms with Gasteiger partial charge in [-0.25, -0.2) is 0 Å². The first-order valence-electron chi connectivity index (χ1n) is 6.06. The Kier molecular flexibility index (Phi) is 4.52. The lowest BCUT2D eigenvalue weighted by Crippen LogP contribution is -2.11. The average molecular weight is 355 g/mol. The first kappa shape index (κ1) is 15.4. The van der Waals surface area contributed by atoms with Gasteiger partial charge in [-0.2, -0.15) is 5.10 Å². The van der Waals surface area contributed by atoms with Gasteiger partial charge in [0.15, 0.2) is 11.5 Å². The van der Waals surface area contributed by atoms with Crippen LogP contribution in [0.2, 0.25) is 0 Å². The standard InChI is InChI=1S/C14H15BrN2O4/c1-17-11(9(15)7-16-17)12(18)8-5-6-10(19-2)14(21-4)13(8)20-3/h5-7H,1-4H3. The number of ether oxygens (including phenoxy) is 3. The van der Waals surface area contributed by atoms with E-state index in [4.69, 9.17) is 14.2 Å². The number of hydrogen-bond acceptors (Lipinski definition) is 5. The third-order valence-corrected chi connectivity index (χ3v) is 3.64. The number of methoxy groups -OCH3 is 3. The maximum atomic E-state index is 12.7. The first-order valence-corrected chi connectivity index (χ1v) is 6.85. The predicted octanol–water partition coefficient (Wildman–Crippen LogP) is 2.44. The van der Waals surface area contributed by atoms with Crippen molar-refractivity contribution >= 4 is 21.7 Å². The topological polar surface area (TPSA) is 62.6 Å². The minimum Gasteiger partial charge on any atom is -0.493 e. The second-order valence-electron chi connectivity index (χ2n) is 4.18. The average Bonchev–Trinajstić information content (AvgIpc) is 2.83. The molecule has 0 radical (unpaired) electrons. The van der Waals surface area contributed by atoms with Crippen LogP contribution in [0.1, 0.15) is 16.1 Å². The van der Waals surface area contributed by atoms with E-state index in [1.807, 2.05) is 0 Å². The number of halogens is 1. The molecule has 0 bridgehead atoms. The van der Waals surface area contributed by atoms with Crippen LogP contribution < -0.4 is 14.2 Å². The number of aryl methyl sites for hydroxylation is 1. The Balaban J connectivity index is 2.62. The van der Waals surface area contributed by atoms with E-state index in [1.165, 1.54) is 26.0 Å². The molecule has 0 aliphatic rings. The molecule has 0 fully saturated rings. The monoisotopic (exact) mass is 354 g/mol. The van der Waals surface area contributed by atoms with Crippen LogP contribution >= 0.6 is 15.9 Å². The number of hydrogen-bond donors (Lipinski definition) is 0. The van der Waals surface area contributed by atoms with Crippen molar-refractivity contribution in [2.75, 3.05) is 21.3 Å². The number of rotatable bonds is 5. The Morgan fingerprint density at radius 2 is 1.81 bits per heavy atom. The molecule has 112 valence electrons. The molecule has 0 spiro atoms. The second kappa shape index (κ2) is 6.17. The molecule has 1 aromatic carbocycles. The van der Waals surface area contributed by atoms with Crippen LogP contribution in [-0.2, 0) is 7.05 Å². The van der Waals surface area contributed by atoms with E-state index in [9.17, 15) is 4.79 Å². The number of carbonyl (C=O) groups is 1. The summed E-state index contributed by atoms with van der Waals surface area (Å²) in [7, 11) is 6.20. The highest BCUT2D eigenvalue weighted by Crippen LogP contribution is 2.40. The lowest BCUT2D eigenvalue weighted by molar-refractivity contribution is 0.102. The molecular weight excluding hydrogens is 340 g/mol. The summed E-state index contributed by atoms with van der Waals surface area (Å²) in [5.74, 6) is 0.980. The van der Waals surface area contributed by atoms with E-state index in [-0.39, 0.29) is 5.78 Å². The summed E-state index contributed by atoms with van der Waals surface area (Å²) in [6.07, 6.45) is 1.57. The summed E-state index contributed by atoms with van der Waals surface area (Å²) in [4.78, 5) is 12.7. The van der Waals surface area contributed by atoms with Crippen LogP contribution in [0.3, 0.4) is 0 Å². The molecule has 0 amide bonds. The van der Waals surface area contributed by atoms with Crippen molar-refractivity contribution in [2.24, 2.45) is 7.05 Å². The first-order chi connectivity index (χ1) is 10.0. The van der Waals surface area contributed by atoms with Crippen molar-refractivity contribution in [2.45, 2.75) is 0 Å². The Morgan fingerprint density at radius 1 is 1.14 bits per heavy atom. The molecule has 0 atom stereocenters. The maximum Gasteiger partial charge on any atom is 0.216 e. The third-order valence-electron chi connectivity index (χ3n) is 3.06. The zero-order chi connectivity index (χ0) is 15.6. The molecule has 2 rings (SSSR count). The third kappa shape index (κ3) is 2.61. The van der Waals surface area contributed by atoms with Crippen LogP contribution in [0.4, 0.5) is 0 Å². The number of nitrogens with zero attached hydrogens (tertiary/aromatic N) is 2. The molecule has 0 unspecified atom stereocenters. The molecule has 1 heterocycles. The van der Waals surface area contributed by atoms with Crippen LogP contribution in [0.25, 0.3) is 0 Å². The molecule has 1 aromatic heterocycles. The van der Waals surface area contributed by atoms with Crippen molar-refractivity contribution in [3.8, 4) is 17.2 Å². The van der Waals surface area contributed by atoms with Crippen molar-refractivity contribution in [1.82, 2.24) is 9.78 Å². The minimum absolute atomic E-state index is 0.223. The molecule has 7 heteroatoms. The van der Waals surface area contributed by atoms with Gasteiger partial charge in [-0.05, 0) is 28.1 Å². The normalized spacial score (nSPS) is 10.3. The van der Waals surface area contributed by atoms with Gasteiger partial charge in [-0.1, -0.05) is 0 Å². The molecule has 0 N–H and O–H groups in total. The van der Waals surface area contributed by atoms with E-state index in [1.54, 1.807) is 25.4 Å². The zero-order valence-electron chi connectivity index (χ0n) is 12.1. The summed E-state index contributed by atoms with van der Waals surface area (Å²) < 4.78 is 18.0. The second-order valence-corrected chi connectivity index (χ2v) is 5.03. The molecule has 6 nitrogen and oxygen atoms in total. The fourth-order valence-electron chi connectivity index (χ4n) is 2.07. The minimum atomic E-state index is -0.223. The molecule has 21 heavy (non-hydrogen) atoms. The highest BCUT2D eigenvalue weighted by molar-refractivity contribution is 9.10. The summed E-state index contributed by atoms with van der Waals surface area (Å²) in [5.41, 5.74) is 0.806. The maximum absolute atomic E-state index is 12.7. The van der Waals surface area contributed by atoms with Crippen molar-refractivity contribution in [1.29, 1.82) is 0 Å². The number of carbonyl (C=O) groups excluding carboxylic acids is 1. The van der Waals surface area contributed by atoms with Crippen molar-refractivity contribution < 1.29 is 19.0 Å². The van der Waals surface area contributed by atoms with Crippen LogP contribution in [0.15, 0.2) is 22.8 Å². The highest BCUT2D eigenvalue weighted by atomic mass is 79.9. The Hall–Kier alpha value is -2.02. The van der Waals surface area contributed by atoms with E-state index in [2.05, 4.69) is 21.0 Å². The smallest absolute Gasteiger partial charge is 0.216 e. The van der Waals surface area contributed by atoms with Crippen LogP contribution in [0, 0.1) is 0 Å². The van der Waals surface area contributed by atoms with Gasteiger partial charge in [0.2, 0.25) is 11.5 Å². The highest BCUT2D eigenvalue weighted by Gasteiger charge is 2.25. The summed E-state index contributed by atoms with van der Waals surface area (Å²) in [6.45, 7) is 0. The lowest BCUT2D eigenvalue weighted by Gasteiger charge is -2.15. The Bertz CT molecular complexity index is 662. The summed E-state index contributed by atoms with van der Waals surface area (Å²) >= 11 is 3.32. The van der Waals surface area contributed by atoms with Gasteiger partial charge in [0, 0.05) is 7.05 Å². The van der Waals surface area contributed by atoms with E-state index in [0.29, 0.717) is 33.0 Å². The van der Waals surface area contributed by atoms with E-state index >= 15 is 0 Å². The summed E-state index contributed by atoms with van der Waals surface area (Å²) in [5, 5.41) is 4.05.